The number of phenols is 3. The highest BCUT2D eigenvalue weighted by Gasteiger charge is 2.15. The average molecular weight is 425 g/mol. The highest BCUT2D eigenvalue weighted by Crippen LogP contribution is 2.27. The van der Waals surface area contributed by atoms with Gasteiger partial charge >= 0.3 is 0 Å². The number of ether oxygens (including phenoxy) is 1. The third kappa shape index (κ3) is 6.36. The third-order valence-electron chi connectivity index (χ3n) is 4.98. The number of rotatable bonds is 10. The molecule has 0 saturated carbocycles. The van der Waals surface area contributed by atoms with E-state index in [1.165, 1.54) is 12.1 Å². The molecule has 0 amide bonds. The van der Waals surface area contributed by atoms with Crippen LogP contribution in [0.2, 0.25) is 0 Å². The summed E-state index contributed by atoms with van der Waals surface area (Å²) < 4.78 is 5.55. The van der Waals surface area contributed by atoms with Crippen LogP contribution in [-0.4, -0.2) is 51.3 Å². The van der Waals surface area contributed by atoms with Crippen molar-refractivity contribution in [2.75, 3.05) is 19.7 Å². The number of nitrogens with one attached hydrogen (secondary N) is 1. The van der Waals surface area contributed by atoms with Crippen molar-refractivity contribution in [3.05, 3.63) is 83.4 Å². The Balaban J connectivity index is 1.57. The summed E-state index contributed by atoms with van der Waals surface area (Å²) in [5.41, 5.74) is 2.33. The topological polar surface area (TPSA) is 122 Å². The maximum atomic E-state index is 10.3. The zero-order chi connectivity index (χ0) is 22.2. The van der Waals surface area contributed by atoms with Gasteiger partial charge in [0.15, 0.2) is 0 Å². The normalized spacial score (nSPS) is 12.1. The van der Waals surface area contributed by atoms with Gasteiger partial charge in [0.1, 0.15) is 35.7 Å². The second-order valence-electron chi connectivity index (χ2n) is 7.31. The molecule has 1 atom stereocenters. The minimum Gasteiger partial charge on any atom is -0.508 e. The van der Waals surface area contributed by atoms with Crippen LogP contribution in [-0.2, 0) is 6.61 Å². The van der Waals surface area contributed by atoms with Gasteiger partial charge in [-0.15, -0.1) is 0 Å². The summed E-state index contributed by atoms with van der Waals surface area (Å²) in [5, 5.41) is 51.5. The van der Waals surface area contributed by atoms with E-state index in [2.05, 4.69) is 5.32 Å². The predicted molar refractivity (Wildman–Crippen MR) is 116 cm³/mol. The van der Waals surface area contributed by atoms with Crippen molar-refractivity contribution >= 4 is 0 Å². The fraction of sp³-hybridized carbons (Fsp3) is 0.250. The molecule has 0 spiro atoms. The summed E-state index contributed by atoms with van der Waals surface area (Å²) in [6.45, 7) is 0.562. The van der Waals surface area contributed by atoms with Gasteiger partial charge in [-0.2, -0.15) is 0 Å². The molecule has 164 valence electrons. The standard InChI is InChI=1S/C24H27NO6/c26-14-18-11-22(9-10-24(18)30)31-15-21(29)12-25-13-23(16-1-5-19(27)6-2-16)17-3-7-20(28)8-4-17/h1-11,21,23,25-30H,12-15H2. The lowest BCUT2D eigenvalue weighted by molar-refractivity contribution is 0.106. The van der Waals surface area contributed by atoms with Crippen molar-refractivity contribution < 1.29 is 30.3 Å². The Hall–Kier alpha value is -3.26. The zero-order valence-corrected chi connectivity index (χ0v) is 17.0. The maximum Gasteiger partial charge on any atom is 0.121 e. The maximum absolute atomic E-state index is 10.3. The molecule has 7 heteroatoms. The molecule has 0 aliphatic rings. The Labute approximate surface area is 180 Å². The van der Waals surface area contributed by atoms with Gasteiger partial charge in [0.25, 0.3) is 0 Å². The predicted octanol–water partition coefficient (Wildman–Crippen LogP) is 2.46. The van der Waals surface area contributed by atoms with E-state index in [0.717, 1.165) is 11.1 Å². The number of hydrogen-bond donors (Lipinski definition) is 6. The number of hydrogen-bond acceptors (Lipinski definition) is 7. The highest BCUT2D eigenvalue weighted by molar-refractivity contribution is 5.39. The molecule has 6 N–H and O–H groups in total. The van der Waals surface area contributed by atoms with Gasteiger partial charge in [-0.25, -0.2) is 0 Å². The van der Waals surface area contributed by atoms with Crippen molar-refractivity contribution in [3.63, 3.8) is 0 Å². The number of aromatic hydroxyl groups is 3. The van der Waals surface area contributed by atoms with Crippen LogP contribution < -0.4 is 10.1 Å². The number of aliphatic hydroxyl groups is 2. The lowest BCUT2D eigenvalue weighted by atomic mass is 9.91. The van der Waals surface area contributed by atoms with Crippen molar-refractivity contribution in [1.82, 2.24) is 5.32 Å². The van der Waals surface area contributed by atoms with E-state index in [-0.39, 0.29) is 42.9 Å². The molecule has 0 radical (unpaired) electrons. The van der Waals surface area contributed by atoms with Crippen molar-refractivity contribution in [1.29, 1.82) is 0 Å². The first kappa shape index (κ1) is 22.4. The van der Waals surface area contributed by atoms with Gasteiger partial charge in [0.05, 0.1) is 6.61 Å². The average Bonchev–Trinajstić information content (AvgIpc) is 2.78. The fourth-order valence-corrected chi connectivity index (χ4v) is 3.27. The van der Waals surface area contributed by atoms with E-state index in [9.17, 15) is 25.5 Å². The van der Waals surface area contributed by atoms with E-state index in [0.29, 0.717) is 17.9 Å². The second kappa shape index (κ2) is 10.7. The Kier molecular flexibility index (Phi) is 7.72. The highest BCUT2D eigenvalue weighted by atomic mass is 16.5. The van der Waals surface area contributed by atoms with Gasteiger partial charge in [-0.05, 0) is 53.6 Å². The van der Waals surface area contributed by atoms with Crippen LogP contribution in [0.5, 0.6) is 23.0 Å². The molecule has 0 fully saturated rings. The van der Waals surface area contributed by atoms with Gasteiger partial charge in [0.2, 0.25) is 0 Å². The van der Waals surface area contributed by atoms with E-state index >= 15 is 0 Å². The van der Waals surface area contributed by atoms with Crippen molar-refractivity contribution in [2.45, 2.75) is 18.6 Å². The van der Waals surface area contributed by atoms with Crippen LogP contribution in [0, 0.1) is 0 Å². The molecule has 3 aromatic carbocycles. The van der Waals surface area contributed by atoms with E-state index in [4.69, 9.17) is 4.74 Å². The molecule has 3 aromatic rings. The van der Waals surface area contributed by atoms with Crippen LogP contribution in [0.3, 0.4) is 0 Å². The summed E-state index contributed by atoms with van der Waals surface area (Å²) in [6.07, 6.45) is -0.772. The molecule has 0 aliphatic carbocycles. The van der Waals surface area contributed by atoms with Crippen LogP contribution in [0.4, 0.5) is 0 Å². The van der Waals surface area contributed by atoms with Crippen LogP contribution in [0.25, 0.3) is 0 Å². The van der Waals surface area contributed by atoms with Gasteiger partial charge in [-0.3, -0.25) is 0 Å². The van der Waals surface area contributed by atoms with E-state index in [1.807, 2.05) is 24.3 Å². The van der Waals surface area contributed by atoms with Gasteiger partial charge < -0.3 is 35.6 Å². The molecule has 0 aromatic heterocycles. The summed E-state index contributed by atoms with van der Waals surface area (Å²) in [7, 11) is 0. The summed E-state index contributed by atoms with van der Waals surface area (Å²) >= 11 is 0. The van der Waals surface area contributed by atoms with Crippen LogP contribution >= 0.6 is 0 Å². The Morgan fingerprint density at radius 1 is 0.774 bits per heavy atom. The first-order valence-electron chi connectivity index (χ1n) is 9.98. The minimum absolute atomic E-state index is 0.00781. The monoisotopic (exact) mass is 425 g/mol. The summed E-state index contributed by atoms with van der Waals surface area (Å²) in [6, 6.07) is 18.4. The van der Waals surface area contributed by atoms with E-state index < -0.39 is 6.10 Å². The molecule has 0 bridgehead atoms. The molecule has 0 heterocycles. The van der Waals surface area contributed by atoms with Gasteiger partial charge in [-0.1, -0.05) is 24.3 Å². The molecule has 7 nitrogen and oxygen atoms in total. The van der Waals surface area contributed by atoms with Crippen molar-refractivity contribution in [3.8, 4) is 23.0 Å². The van der Waals surface area contributed by atoms with Gasteiger partial charge in [0, 0.05) is 24.6 Å². The number of benzene rings is 3. The lowest BCUT2D eigenvalue weighted by Crippen LogP contribution is -2.34. The molecule has 1 unspecified atom stereocenters. The van der Waals surface area contributed by atoms with E-state index in [1.54, 1.807) is 30.3 Å². The Morgan fingerprint density at radius 2 is 1.35 bits per heavy atom. The number of phenolic OH excluding ortho intramolecular Hbond substituents is 2. The number of aliphatic hydroxyl groups excluding tert-OH is 2. The van der Waals surface area contributed by atoms with Crippen LogP contribution in [0.1, 0.15) is 22.6 Å². The molecule has 0 saturated heterocycles. The van der Waals surface area contributed by atoms with Crippen LogP contribution in [0.15, 0.2) is 66.7 Å². The quantitative estimate of drug-likeness (QED) is 0.295. The Morgan fingerprint density at radius 3 is 1.90 bits per heavy atom. The summed E-state index contributed by atoms with van der Waals surface area (Å²) in [5.74, 6) is 0.775. The largest absolute Gasteiger partial charge is 0.508 e. The minimum atomic E-state index is -0.772. The molecule has 0 aliphatic heterocycles. The molecular formula is C24H27NO6. The second-order valence-corrected chi connectivity index (χ2v) is 7.31. The molecular weight excluding hydrogens is 398 g/mol. The lowest BCUT2D eigenvalue weighted by Gasteiger charge is -2.20. The first-order valence-corrected chi connectivity index (χ1v) is 9.98. The summed E-state index contributed by atoms with van der Waals surface area (Å²) in [4.78, 5) is 0. The fourth-order valence-electron chi connectivity index (χ4n) is 3.27. The Bertz CT molecular complexity index is 913. The zero-order valence-electron chi connectivity index (χ0n) is 17.0. The SMILES string of the molecule is OCc1cc(OCC(O)CNCC(c2ccc(O)cc2)c2ccc(O)cc2)ccc1O. The first-order chi connectivity index (χ1) is 15.0. The molecule has 3 rings (SSSR count). The van der Waals surface area contributed by atoms with Crippen molar-refractivity contribution in [2.24, 2.45) is 0 Å². The smallest absolute Gasteiger partial charge is 0.121 e. The third-order valence-corrected chi connectivity index (χ3v) is 4.98. The molecule has 31 heavy (non-hydrogen) atoms.